The van der Waals surface area contributed by atoms with Crippen LogP contribution in [0.25, 0.3) is 10.9 Å². The molecule has 5 nitrogen and oxygen atoms in total. The second-order valence-corrected chi connectivity index (χ2v) is 8.07. The Morgan fingerprint density at radius 2 is 1.80 bits per heavy atom. The molecule has 3 rings (SSSR count). The third-order valence-corrected chi connectivity index (χ3v) is 6.10. The van der Waals surface area contributed by atoms with Crippen molar-refractivity contribution in [2.45, 2.75) is 11.8 Å². The number of fused-ring (bicyclic) bond motifs is 1. The first kappa shape index (κ1) is 17.6. The molecule has 0 amide bonds. The van der Waals surface area contributed by atoms with Crippen molar-refractivity contribution in [3.8, 4) is 0 Å². The molecular formula is C17H13BrFNO4S. The number of methoxy groups -OCH3 is 1. The van der Waals surface area contributed by atoms with Crippen molar-refractivity contribution >= 4 is 42.8 Å². The molecule has 25 heavy (non-hydrogen) atoms. The van der Waals surface area contributed by atoms with Crippen LogP contribution < -0.4 is 0 Å². The fourth-order valence-electron chi connectivity index (χ4n) is 2.50. The summed E-state index contributed by atoms with van der Waals surface area (Å²) in [4.78, 5) is 12.1. The van der Waals surface area contributed by atoms with Crippen molar-refractivity contribution < 1.29 is 22.3 Å². The minimum absolute atomic E-state index is 0.0150. The van der Waals surface area contributed by atoms with Gasteiger partial charge in [-0.15, -0.1) is 0 Å². The quantitative estimate of drug-likeness (QED) is 0.597. The number of nitrogens with zero attached hydrogens (tertiary/aromatic N) is 1. The number of hydrogen-bond acceptors (Lipinski definition) is 4. The van der Waals surface area contributed by atoms with Gasteiger partial charge in [0, 0.05) is 5.39 Å². The van der Waals surface area contributed by atoms with E-state index in [9.17, 15) is 17.6 Å². The highest BCUT2D eigenvalue weighted by molar-refractivity contribution is 9.10. The number of hydrogen-bond donors (Lipinski definition) is 0. The number of carbonyl (C=O) groups excluding carboxylic acids is 1. The van der Waals surface area contributed by atoms with Crippen molar-refractivity contribution in [2.75, 3.05) is 7.11 Å². The molecule has 0 spiro atoms. The maximum Gasteiger partial charge on any atom is 0.355 e. The number of aromatic nitrogens is 1. The highest BCUT2D eigenvalue weighted by Gasteiger charge is 2.27. The van der Waals surface area contributed by atoms with Crippen LogP contribution in [-0.2, 0) is 14.8 Å². The van der Waals surface area contributed by atoms with Gasteiger partial charge in [-0.05, 0) is 53.2 Å². The largest absolute Gasteiger partial charge is 0.464 e. The van der Waals surface area contributed by atoms with Crippen LogP contribution in [0.4, 0.5) is 4.39 Å². The Bertz CT molecular complexity index is 1090. The van der Waals surface area contributed by atoms with Crippen LogP contribution in [0, 0.1) is 12.7 Å². The summed E-state index contributed by atoms with van der Waals surface area (Å²) >= 11 is 3.05. The number of esters is 1. The zero-order valence-electron chi connectivity index (χ0n) is 13.3. The van der Waals surface area contributed by atoms with Crippen molar-refractivity contribution in [3.63, 3.8) is 0 Å². The van der Waals surface area contributed by atoms with Gasteiger partial charge in [-0.1, -0.05) is 17.7 Å². The van der Waals surface area contributed by atoms with Gasteiger partial charge in [0.25, 0.3) is 10.0 Å². The third-order valence-electron chi connectivity index (χ3n) is 3.75. The van der Waals surface area contributed by atoms with Crippen LogP contribution in [0.1, 0.15) is 16.1 Å². The number of benzene rings is 2. The van der Waals surface area contributed by atoms with E-state index in [-0.39, 0.29) is 26.0 Å². The second-order valence-electron chi connectivity index (χ2n) is 5.43. The summed E-state index contributed by atoms with van der Waals surface area (Å²) in [6.07, 6.45) is 0. The van der Waals surface area contributed by atoms with Crippen molar-refractivity contribution in [1.29, 1.82) is 0 Å². The smallest absolute Gasteiger partial charge is 0.355 e. The molecule has 3 aromatic rings. The van der Waals surface area contributed by atoms with E-state index in [4.69, 9.17) is 0 Å². The van der Waals surface area contributed by atoms with E-state index in [0.29, 0.717) is 0 Å². The summed E-state index contributed by atoms with van der Waals surface area (Å²) in [5, 5.41) is 0.275. The third kappa shape index (κ3) is 2.96. The van der Waals surface area contributed by atoms with E-state index < -0.39 is 21.8 Å². The monoisotopic (exact) mass is 425 g/mol. The predicted octanol–water partition coefficient (Wildman–Crippen LogP) is 3.87. The van der Waals surface area contributed by atoms with Crippen LogP contribution in [0.3, 0.4) is 0 Å². The molecule has 0 atom stereocenters. The van der Waals surface area contributed by atoms with E-state index in [2.05, 4.69) is 20.7 Å². The average Bonchev–Trinajstić information content (AvgIpc) is 2.94. The zero-order valence-corrected chi connectivity index (χ0v) is 15.7. The van der Waals surface area contributed by atoms with Crippen molar-refractivity contribution in [2.24, 2.45) is 0 Å². The van der Waals surface area contributed by atoms with Crippen LogP contribution >= 0.6 is 15.9 Å². The Balaban J connectivity index is 2.38. The predicted molar refractivity (Wildman–Crippen MR) is 94.7 cm³/mol. The lowest BCUT2D eigenvalue weighted by molar-refractivity contribution is 0.0593. The van der Waals surface area contributed by atoms with Gasteiger partial charge in [0.15, 0.2) is 0 Å². The van der Waals surface area contributed by atoms with Crippen LogP contribution in [0.15, 0.2) is 51.8 Å². The highest BCUT2D eigenvalue weighted by Crippen LogP contribution is 2.30. The summed E-state index contributed by atoms with van der Waals surface area (Å²) in [6.45, 7) is 1.83. The molecule has 0 unspecified atom stereocenters. The highest BCUT2D eigenvalue weighted by atomic mass is 79.9. The average molecular weight is 426 g/mol. The Kier molecular flexibility index (Phi) is 4.42. The lowest BCUT2D eigenvalue weighted by Gasteiger charge is -2.11. The minimum Gasteiger partial charge on any atom is -0.464 e. The van der Waals surface area contributed by atoms with Crippen molar-refractivity contribution in [3.05, 3.63) is 64.0 Å². The van der Waals surface area contributed by atoms with Gasteiger partial charge < -0.3 is 4.74 Å². The number of rotatable bonds is 3. The molecule has 0 aliphatic carbocycles. The van der Waals surface area contributed by atoms with Gasteiger partial charge in [-0.25, -0.2) is 21.6 Å². The molecule has 0 fully saturated rings. The first-order valence-electron chi connectivity index (χ1n) is 7.17. The van der Waals surface area contributed by atoms with E-state index in [1.54, 1.807) is 12.1 Å². The Labute approximate surface area is 152 Å². The minimum atomic E-state index is -4.08. The van der Waals surface area contributed by atoms with Gasteiger partial charge in [0.2, 0.25) is 0 Å². The first-order chi connectivity index (χ1) is 11.8. The van der Waals surface area contributed by atoms with E-state index >= 15 is 0 Å². The summed E-state index contributed by atoms with van der Waals surface area (Å²) < 4.78 is 45.7. The second kappa shape index (κ2) is 6.27. The first-order valence-corrected chi connectivity index (χ1v) is 9.40. The summed E-state index contributed by atoms with van der Waals surface area (Å²) in [6, 6.07) is 10.0. The fourth-order valence-corrected chi connectivity index (χ4v) is 4.33. The molecule has 2 aromatic carbocycles. The van der Waals surface area contributed by atoms with Gasteiger partial charge in [-0.3, -0.25) is 0 Å². The number of carbonyl (C=O) groups is 1. The molecular weight excluding hydrogens is 413 g/mol. The van der Waals surface area contributed by atoms with Gasteiger partial charge in [-0.2, -0.15) is 0 Å². The van der Waals surface area contributed by atoms with Gasteiger partial charge in [0.05, 0.1) is 22.0 Å². The molecule has 0 N–H and O–H groups in total. The Hall–Kier alpha value is -2.19. The molecule has 130 valence electrons. The lowest BCUT2D eigenvalue weighted by atomic mass is 10.2. The number of aryl methyl sites for hydroxylation is 1. The maximum absolute atomic E-state index is 13.8. The van der Waals surface area contributed by atoms with Gasteiger partial charge in [0.1, 0.15) is 11.5 Å². The molecule has 8 heteroatoms. The maximum atomic E-state index is 13.8. The molecule has 0 bridgehead atoms. The summed E-state index contributed by atoms with van der Waals surface area (Å²) in [7, 11) is -2.93. The fraction of sp³-hybridized carbons (Fsp3) is 0.118. The molecule has 0 aliphatic rings. The van der Waals surface area contributed by atoms with Crippen LogP contribution in [0.5, 0.6) is 0 Å². The Morgan fingerprint density at radius 1 is 1.16 bits per heavy atom. The summed E-state index contributed by atoms with van der Waals surface area (Å²) in [5.74, 6) is -1.39. The van der Waals surface area contributed by atoms with Crippen LogP contribution in [-0.4, -0.2) is 25.5 Å². The topological polar surface area (TPSA) is 65.4 Å². The molecule has 0 saturated heterocycles. The van der Waals surface area contributed by atoms with E-state index in [1.165, 1.54) is 24.3 Å². The molecule has 1 aromatic heterocycles. The molecule has 1 heterocycles. The normalized spacial score (nSPS) is 11.7. The molecule has 0 radical (unpaired) electrons. The molecule has 0 saturated carbocycles. The Morgan fingerprint density at radius 3 is 2.40 bits per heavy atom. The lowest BCUT2D eigenvalue weighted by Crippen LogP contribution is -2.19. The van der Waals surface area contributed by atoms with Gasteiger partial charge >= 0.3 is 5.97 Å². The number of ether oxygens (including phenoxy) is 1. The van der Waals surface area contributed by atoms with E-state index in [1.807, 2.05) is 6.92 Å². The number of halogens is 2. The molecule has 0 aliphatic heterocycles. The zero-order chi connectivity index (χ0) is 18.4. The van der Waals surface area contributed by atoms with Crippen molar-refractivity contribution in [1.82, 2.24) is 3.97 Å². The summed E-state index contributed by atoms with van der Waals surface area (Å²) in [5.41, 5.74) is 0.874. The standard InChI is InChI=1S/C17H13BrFNO4S/c1-10-3-5-12(6-4-10)25(22,23)20-15-9-13(18)14(19)7-11(15)8-16(20)17(21)24-2/h3-9H,1-2H3. The van der Waals surface area contributed by atoms with E-state index in [0.717, 1.165) is 22.7 Å². The SMILES string of the molecule is COC(=O)c1cc2cc(F)c(Br)cc2n1S(=O)(=O)c1ccc(C)cc1. The van der Waals surface area contributed by atoms with Crippen LogP contribution in [0.2, 0.25) is 0 Å².